The number of alkyl halides is 6. The number of carbonyl (C=O) groups excluding carboxylic acids is 1. The minimum absolute atomic E-state index is 0.0552. The summed E-state index contributed by atoms with van der Waals surface area (Å²) in [7, 11) is 0. The molecule has 6 nitrogen and oxygen atoms in total. The Labute approximate surface area is 207 Å². The summed E-state index contributed by atoms with van der Waals surface area (Å²) < 4.78 is 103. The Morgan fingerprint density at radius 2 is 1.38 bits per heavy atom. The minimum Gasteiger partial charge on any atom is -0.479 e. The number of carbonyl (C=O) groups is 2. The maximum absolute atomic E-state index is 13.5. The molecule has 13 heteroatoms. The Bertz CT molecular complexity index is 1090. The molecule has 204 valence electrons. The molecule has 0 bridgehead atoms. The van der Waals surface area contributed by atoms with E-state index < -0.39 is 70.8 Å². The Kier molecular flexibility index (Phi) is 8.53. The Balaban J connectivity index is 2.50. The molecule has 0 aliphatic carbocycles. The zero-order valence-corrected chi connectivity index (χ0v) is 20.1. The molecular weight excluding hydrogens is 515 g/mol. The van der Waals surface area contributed by atoms with Crippen molar-refractivity contribution in [2.45, 2.75) is 57.3 Å². The molecule has 37 heavy (non-hydrogen) atoms. The molecule has 2 atom stereocenters. The van der Waals surface area contributed by atoms with Gasteiger partial charge < -0.3 is 14.6 Å². The van der Waals surface area contributed by atoms with Crippen molar-refractivity contribution in [3.05, 3.63) is 70.5 Å². The van der Waals surface area contributed by atoms with E-state index in [1.165, 1.54) is 20.8 Å². The highest BCUT2D eigenvalue weighted by Gasteiger charge is 2.45. The van der Waals surface area contributed by atoms with E-state index in [9.17, 15) is 45.4 Å². The molecule has 2 rings (SSSR count). The molecule has 0 saturated carbocycles. The molecule has 0 aromatic heterocycles. The second-order valence-corrected chi connectivity index (χ2v) is 9.14. The standard InChI is InChI=1S/C24H24F7NO5/c1-13(14-9-16(23(26,27)28)11-17(10-14)24(29,30)31)36-12-22(19(33)34,15-5-7-18(25)8-6-15)32-20(35)37-21(2,3)4/h5-11,13H,12H2,1-4H3,(H,32,35)(H,33,34)/t13-,22-/m1/s1. The van der Waals surface area contributed by atoms with Crippen LogP contribution in [0.2, 0.25) is 0 Å². The van der Waals surface area contributed by atoms with Gasteiger partial charge in [-0.3, -0.25) is 5.32 Å². The fourth-order valence-electron chi connectivity index (χ4n) is 3.20. The third-order valence-corrected chi connectivity index (χ3v) is 5.05. The van der Waals surface area contributed by atoms with E-state index in [-0.39, 0.29) is 11.6 Å². The average molecular weight is 539 g/mol. The first-order valence-corrected chi connectivity index (χ1v) is 10.7. The highest BCUT2D eigenvalue weighted by molar-refractivity contribution is 5.86. The van der Waals surface area contributed by atoms with Gasteiger partial charge in [-0.1, -0.05) is 12.1 Å². The lowest BCUT2D eigenvalue weighted by Crippen LogP contribution is -2.56. The number of carboxylic acids is 1. The first-order chi connectivity index (χ1) is 16.7. The highest BCUT2D eigenvalue weighted by atomic mass is 19.4. The van der Waals surface area contributed by atoms with Crippen molar-refractivity contribution in [3.63, 3.8) is 0 Å². The number of hydrogen-bond acceptors (Lipinski definition) is 4. The number of hydrogen-bond donors (Lipinski definition) is 2. The van der Waals surface area contributed by atoms with Crippen molar-refractivity contribution in [1.82, 2.24) is 5.32 Å². The van der Waals surface area contributed by atoms with Gasteiger partial charge >= 0.3 is 24.4 Å². The number of ether oxygens (including phenoxy) is 2. The lowest BCUT2D eigenvalue weighted by atomic mass is 9.90. The third kappa shape index (κ3) is 7.81. The maximum Gasteiger partial charge on any atom is 0.416 e. The number of halogens is 7. The highest BCUT2D eigenvalue weighted by Crippen LogP contribution is 2.38. The van der Waals surface area contributed by atoms with E-state index in [2.05, 4.69) is 5.32 Å². The second-order valence-electron chi connectivity index (χ2n) is 9.14. The predicted molar refractivity (Wildman–Crippen MR) is 116 cm³/mol. The smallest absolute Gasteiger partial charge is 0.416 e. The first-order valence-electron chi connectivity index (χ1n) is 10.7. The van der Waals surface area contributed by atoms with Crippen LogP contribution in [0.3, 0.4) is 0 Å². The number of alkyl carbamates (subject to hydrolysis) is 1. The number of rotatable bonds is 7. The fraction of sp³-hybridized carbons (Fsp3) is 0.417. The summed E-state index contributed by atoms with van der Waals surface area (Å²) in [6, 6.07) is 4.69. The molecule has 0 aliphatic rings. The van der Waals surface area contributed by atoms with Crippen molar-refractivity contribution in [1.29, 1.82) is 0 Å². The molecule has 2 aromatic rings. The maximum atomic E-state index is 13.5. The van der Waals surface area contributed by atoms with Crippen molar-refractivity contribution in [2.24, 2.45) is 0 Å². The molecule has 1 amide bonds. The Morgan fingerprint density at radius 3 is 1.78 bits per heavy atom. The summed E-state index contributed by atoms with van der Waals surface area (Å²) >= 11 is 0. The molecule has 0 saturated heterocycles. The van der Waals surface area contributed by atoms with Crippen molar-refractivity contribution in [3.8, 4) is 0 Å². The summed E-state index contributed by atoms with van der Waals surface area (Å²) in [4.78, 5) is 24.9. The van der Waals surface area contributed by atoms with Crippen LogP contribution in [0.15, 0.2) is 42.5 Å². The van der Waals surface area contributed by atoms with Gasteiger partial charge in [0.05, 0.1) is 23.8 Å². The van der Waals surface area contributed by atoms with Crippen LogP contribution in [0.5, 0.6) is 0 Å². The van der Waals surface area contributed by atoms with Gasteiger partial charge in [0.25, 0.3) is 0 Å². The fourth-order valence-corrected chi connectivity index (χ4v) is 3.20. The summed E-state index contributed by atoms with van der Waals surface area (Å²) in [5.74, 6) is -2.45. The average Bonchev–Trinajstić information content (AvgIpc) is 2.74. The molecule has 0 spiro atoms. The van der Waals surface area contributed by atoms with Crippen LogP contribution in [0.1, 0.15) is 56.1 Å². The van der Waals surface area contributed by atoms with Gasteiger partial charge in [-0.15, -0.1) is 0 Å². The quantitative estimate of drug-likeness (QED) is 0.396. The molecule has 0 radical (unpaired) electrons. The van der Waals surface area contributed by atoms with Crippen LogP contribution < -0.4 is 5.32 Å². The number of nitrogens with one attached hydrogen (secondary N) is 1. The zero-order chi connectivity index (χ0) is 28.4. The van der Waals surface area contributed by atoms with E-state index in [1.54, 1.807) is 0 Å². The number of amides is 1. The van der Waals surface area contributed by atoms with E-state index in [0.717, 1.165) is 31.2 Å². The minimum atomic E-state index is -5.10. The van der Waals surface area contributed by atoms with Crippen LogP contribution in [0.25, 0.3) is 0 Å². The largest absolute Gasteiger partial charge is 0.479 e. The van der Waals surface area contributed by atoms with Crippen molar-refractivity contribution < 1.29 is 54.9 Å². The Morgan fingerprint density at radius 1 is 0.892 bits per heavy atom. The van der Waals surface area contributed by atoms with Gasteiger partial charge in [0.2, 0.25) is 0 Å². The molecule has 0 fully saturated rings. The van der Waals surface area contributed by atoms with E-state index in [1.807, 2.05) is 0 Å². The van der Waals surface area contributed by atoms with Crippen LogP contribution in [-0.4, -0.2) is 29.4 Å². The molecule has 2 aromatic carbocycles. The SMILES string of the molecule is C[C@@H](OC[C@](NC(=O)OC(C)(C)C)(C(=O)O)c1ccc(F)cc1)c1cc(C(F)(F)F)cc(C(F)(F)F)c1. The van der Waals surface area contributed by atoms with E-state index in [4.69, 9.17) is 9.47 Å². The van der Waals surface area contributed by atoms with Crippen LogP contribution in [0.4, 0.5) is 35.5 Å². The van der Waals surface area contributed by atoms with E-state index in [0.29, 0.717) is 12.1 Å². The topological polar surface area (TPSA) is 84.9 Å². The number of aliphatic carboxylic acids is 1. The first kappa shape index (κ1) is 29.9. The van der Waals surface area contributed by atoms with E-state index >= 15 is 0 Å². The van der Waals surface area contributed by atoms with Gasteiger partial charge in [0.15, 0.2) is 5.54 Å². The van der Waals surface area contributed by atoms with Crippen LogP contribution in [-0.2, 0) is 32.2 Å². The monoisotopic (exact) mass is 539 g/mol. The summed E-state index contributed by atoms with van der Waals surface area (Å²) in [5, 5.41) is 12.2. The number of carboxylic acid groups (broad SMARTS) is 1. The van der Waals surface area contributed by atoms with Gasteiger partial charge in [-0.25, -0.2) is 14.0 Å². The Hall–Kier alpha value is -3.35. The lowest BCUT2D eigenvalue weighted by molar-refractivity contribution is -0.149. The predicted octanol–water partition coefficient (Wildman–Crippen LogP) is 6.45. The lowest BCUT2D eigenvalue weighted by Gasteiger charge is -2.33. The summed E-state index contributed by atoms with van der Waals surface area (Å²) in [5.41, 5.74) is -7.40. The third-order valence-electron chi connectivity index (χ3n) is 5.05. The second kappa shape index (κ2) is 10.6. The summed E-state index contributed by atoms with van der Waals surface area (Å²) in [6.45, 7) is 4.64. The van der Waals surface area contributed by atoms with Crippen LogP contribution >= 0.6 is 0 Å². The van der Waals surface area contributed by atoms with Gasteiger partial charge in [0, 0.05) is 0 Å². The van der Waals surface area contributed by atoms with Crippen molar-refractivity contribution in [2.75, 3.05) is 6.61 Å². The van der Waals surface area contributed by atoms with Crippen LogP contribution in [0, 0.1) is 5.82 Å². The number of benzene rings is 2. The molecule has 0 aliphatic heterocycles. The van der Waals surface area contributed by atoms with Gasteiger partial charge in [-0.05, 0) is 69.2 Å². The normalized spacial score (nSPS) is 15.0. The molecule has 0 heterocycles. The molecule has 2 N–H and O–H groups in total. The molecule has 0 unspecified atom stereocenters. The summed E-state index contributed by atoms with van der Waals surface area (Å²) in [6.07, 6.45) is -12.9. The van der Waals surface area contributed by atoms with Gasteiger partial charge in [0.1, 0.15) is 11.4 Å². The molecular formula is C24H24F7NO5. The zero-order valence-electron chi connectivity index (χ0n) is 20.1. The van der Waals surface area contributed by atoms with Gasteiger partial charge in [-0.2, -0.15) is 26.3 Å². The van der Waals surface area contributed by atoms with Crippen molar-refractivity contribution >= 4 is 12.1 Å².